The molecule has 0 saturated carbocycles. The summed E-state index contributed by atoms with van der Waals surface area (Å²) in [7, 11) is 1.64. The van der Waals surface area contributed by atoms with E-state index in [9.17, 15) is 9.18 Å². The Morgan fingerprint density at radius 1 is 1.23 bits per heavy atom. The van der Waals surface area contributed by atoms with Crippen LogP contribution >= 0.6 is 28.1 Å². The molecule has 3 rings (SSSR count). The lowest BCUT2D eigenvalue weighted by Crippen LogP contribution is -2.31. The van der Waals surface area contributed by atoms with Crippen LogP contribution in [-0.2, 0) is 4.79 Å². The van der Waals surface area contributed by atoms with E-state index in [1.807, 2.05) is 24.3 Å². The minimum Gasteiger partial charge on any atom is -0.480 e. The first-order chi connectivity index (χ1) is 12.3. The average Bonchev–Trinajstić information content (AvgIpc) is 2.60. The van der Waals surface area contributed by atoms with Crippen molar-refractivity contribution in [3.8, 4) is 11.3 Å². The maximum absolute atomic E-state index is 13.2. The van der Waals surface area contributed by atoms with Crippen LogP contribution in [0.5, 0.6) is 0 Å². The molecule has 0 fully saturated rings. The van der Waals surface area contributed by atoms with Crippen LogP contribution in [0, 0.1) is 5.82 Å². The second-order valence-electron chi connectivity index (χ2n) is 5.78. The number of benzene rings is 2. The van der Waals surface area contributed by atoms with Gasteiger partial charge in [-0.25, -0.2) is 9.37 Å². The summed E-state index contributed by atoms with van der Waals surface area (Å²) >= 11 is 8.97. The van der Waals surface area contributed by atoms with Gasteiger partial charge in [-0.2, -0.15) is 0 Å². The van der Waals surface area contributed by atoms with Crippen LogP contribution in [0.15, 0.2) is 53.0 Å². The van der Waals surface area contributed by atoms with Crippen molar-refractivity contribution >= 4 is 50.0 Å². The van der Waals surface area contributed by atoms with Crippen molar-refractivity contribution in [1.82, 2.24) is 9.88 Å². The lowest BCUT2D eigenvalue weighted by Gasteiger charge is -2.20. The van der Waals surface area contributed by atoms with E-state index < -0.39 is 5.97 Å². The van der Waals surface area contributed by atoms with Crippen LogP contribution < -0.4 is 0 Å². The maximum Gasteiger partial charge on any atom is 0.323 e. The molecule has 0 aliphatic rings. The van der Waals surface area contributed by atoms with Gasteiger partial charge in [0.15, 0.2) is 0 Å². The summed E-state index contributed by atoms with van der Waals surface area (Å²) in [4.78, 5) is 17.6. The summed E-state index contributed by atoms with van der Waals surface area (Å²) in [5.41, 5.74) is 2.81. The van der Waals surface area contributed by atoms with E-state index in [4.69, 9.17) is 17.3 Å². The Balaban J connectivity index is 2.18. The van der Waals surface area contributed by atoms with Gasteiger partial charge in [-0.3, -0.25) is 4.79 Å². The molecule has 0 aliphatic carbocycles. The molecular formula is C19H14BrFN2O2S. The summed E-state index contributed by atoms with van der Waals surface area (Å²) < 4.78 is 14.1. The van der Waals surface area contributed by atoms with E-state index in [1.165, 1.54) is 17.0 Å². The van der Waals surface area contributed by atoms with Crippen molar-refractivity contribution < 1.29 is 14.3 Å². The first-order valence-electron chi connectivity index (χ1n) is 7.68. The Kier molecular flexibility index (Phi) is 5.29. The molecule has 2 aromatic carbocycles. The van der Waals surface area contributed by atoms with Gasteiger partial charge in [0.25, 0.3) is 0 Å². The smallest absolute Gasteiger partial charge is 0.323 e. The van der Waals surface area contributed by atoms with E-state index >= 15 is 0 Å². The van der Waals surface area contributed by atoms with Crippen molar-refractivity contribution in [2.24, 2.45) is 0 Å². The van der Waals surface area contributed by atoms with E-state index in [0.29, 0.717) is 16.2 Å². The van der Waals surface area contributed by atoms with Gasteiger partial charge < -0.3 is 10.0 Å². The number of aromatic nitrogens is 1. The van der Waals surface area contributed by atoms with Gasteiger partial charge in [0.1, 0.15) is 17.4 Å². The molecule has 0 amide bonds. The van der Waals surface area contributed by atoms with Crippen LogP contribution in [-0.4, -0.2) is 39.5 Å². The minimum atomic E-state index is -0.965. The highest BCUT2D eigenvalue weighted by atomic mass is 79.9. The van der Waals surface area contributed by atoms with E-state index in [0.717, 1.165) is 20.9 Å². The number of carboxylic acids is 1. The number of thiocarbonyl (C=S) groups is 1. The number of aliphatic carboxylic acids is 1. The normalized spacial score (nSPS) is 10.7. The zero-order valence-electron chi connectivity index (χ0n) is 13.7. The molecule has 0 saturated heterocycles. The van der Waals surface area contributed by atoms with Gasteiger partial charge in [-0.05, 0) is 48.5 Å². The monoisotopic (exact) mass is 432 g/mol. The number of hydrogen-bond acceptors (Lipinski definition) is 3. The average molecular weight is 433 g/mol. The summed E-state index contributed by atoms with van der Waals surface area (Å²) in [6.45, 7) is -0.206. The molecular weight excluding hydrogens is 419 g/mol. The van der Waals surface area contributed by atoms with Crippen LogP contribution in [0.25, 0.3) is 22.2 Å². The molecule has 0 bridgehead atoms. The quantitative estimate of drug-likeness (QED) is 0.615. The van der Waals surface area contributed by atoms with Crippen molar-refractivity contribution in [3.63, 3.8) is 0 Å². The lowest BCUT2D eigenvalue weighted by molar-refractivity contribution is -0.137. The van der Waals surface area contributed by atoms with Gasteiger partial charge in [0.05, 0.1) is 11.2 Å². The molecule has 4 nitrogen and oxygen atoms in total. The largest absolute Gasteiger partial charge is 0.480 e. The third-order valence-electron chi connectivity index (χ3n) is 3.86. The zero-order valence-corrected chi connectivity index (χ0v) is 16.1. The fraction of sp³-hybridized carbons (Fsp3) is 0.105. The van der Waals surface area contributed by atoms with Crippen LogP contribution in [0.1, 0.15) is 5.56 Å². The van der Waals surface area contributed by atoms with Crippen molar-refractivity contribution in [2.45, 2.75) is 0 Å². The number of fused-ring (bicyclic) bond motifs is 1. The first-order valence-corrected chi connectivity index (χ1v) is 8.89. The van der Waals surface area contributed by atoms with Crippen molar-refractivity contribution in [3.05, 3.63) is 64.4 Å². The summed E-state index contributed by atoms with van der Waals surface area (Å²) in [5.74, 6) is -1.29. The molecule has 7 heteroatoms. The second kappa shape index (κ2) is 7.47. The van der Waals surface area contributed by atoms with Crippen molar-refractivity contribution in [2.75, 3.05) is 13.6 Å². The number of pyridine rings is 1. The molecule has 26 heavy (non-hydrogen) atoms. The fourth-order valence-electron chi connectivity index (χ4n) is 2.62. The number of hydrogen-bond donors (Lipinski definition) is 1. The molecule has 0 radical (unpaired) electrons. The van der Waals surface area contributed by atoms with Crippen LogP contribution in [0.4, 0.5) is 4.39 Å². The fourth-order valence-corrected chi connectivity index (χ4v) is 3.22. The Labute approximate surface area is 163 Å². The number of halogens is 2. The summed E-state index contributed by atoms with van der Waals surface area (Å²) in [6, 6.07) is 13.5. The summed E-state index contributed by atoms with van der Waals surface area (Å²) in [6.07, 6.45) is 0. The Morgan fingerprint density at radius 2 is 1.92 bits per heavy atom. The van der Waals surface area contributed by atoms with Gasteiger partial charge >= 0.3 is 5.97 Å². The zero-order chi connectivity index (χ0) is 18.8. The lowest BCUT2D eigenvalue weighted by atomic mass is 10.0. The summed E-state index contributed by atoms with van der Waals surface area (Å²) in [5, 5.41) is 9.85. The van der Waals surface area contributed by atoms with Crippen LogP contribution in [0.2, 0.25) is 0 Å². The van der Waals surface area contributed by atoms with Gasteiger partial charge in [0.2, 0.25) is 0 Å². The standard InChI is InChI=1S/C19H14BrFN2O2S/c1-23(10-18(24)25)19(26)15-9-17(11-2-5-13(21)6-3-11)22-16-7-4-12(20)8-14(15)16/h2-9H,10H2,1H3,(H,24,25). The van der Waals surface area contributed by atoms with E-state index in [2.05, 4.69) is 20.9 Å². The SMILES string of the molecule is CN(CC(=O)O)C(=S)c1cc(-c2ccc(F)cc2)nc2ccc(Br)cc12. The Hall–Kier alpha value is -2.38. The molecule has 132 valence electrons. The predicted molar refractivity (Wildman–Crippen MR) is 107 cm³/mol. The van der Waals surface area contributed by atoms with Gasteiger partial charge in [0, 0.05) is 28.0 Å². The third-order valence-corrected chi connectivity index (χ3v) is 4.89. The molecule has 0 spiro atoms. The number of carboxylic acid groups (broad SMARTS) is 1. The highest BCUT2D eigenvalue weighted by Gasteiger charge is 2.16. The topological polar surface area (TPSA) is 53.4 Å². The first kappa shape index (κ1) is 18.4. The molecule has 1 heterocycles. The van der Waals surface area contributed by atoms with Crippen LogP contribution in [0.3, 0.4) is 0 Å². The van der Waals surface area contributed by atoms with Gasteiger partial charge in [-0.1, -0.05) is 28.1 Å². The maximum atomic E-state index is 13.2. The number of carbonyl (C=O) groups is 1. The molecule has 0 unspecified atom stereocenters. The molecule has 0 atom stereocenters. The second-order valence-corrected chi connectivity index (χ2v) is 7.08. The predicted octanol–water partition coefficient (Wildman–Crippen LogP) is 4.50. The molecule has 0 aliphatic heterocycles. The molecule has 1 aromatic heterocycles. The molecule has 3 aromatic rings. The number of rotatable bonds is 4. The number of likely N-dealkylation sites (N-methyl/N-ethyl adjacent to an activating group) is 1. The highest BCUT2D eigenvalue weighted by molar-refractivity contribution is 9.10. The van der Waals surface area contributed by atoms with E-state index in [-0.39, 0.29) is 12.4 Å². The molecule has 1 N–H and O–H groups in total. The third kappa shape index (κ3) is 3.89. The Bertz CT molecular complexity index is 1010. The highest BCUT2D eigenvalue weighted by Crippen LogP contribution is 2.28. The number of nitrogens with zero attached hydrogens (tertiary/aromatic N) is 2. The minimum absolute atomic E-state index is 0.206. The van der Waals surface area contributed by atoms with Crippen molar-refractivity contribution in [1.29, 1.82) is 0 Å². The Morgan fingerprint density at radius 3 is 2.58 bits per heavy atom. The van der Waals surface area contributed by atoms with E-state index in [1.54, 1.807) is 19.2 Å². The van der Waals surface area contributed by atoms with Gasteiger partial charge in [-0.15, -0.1) is 0 Å².